The largest absolute Gasteiger partial charge is 0.534 e. The second kappa shape index (κ2) is 18.4. The van der Waals surface area contributed by atoms with Crippen LogP contribution in [0.25, 0.3) is 0 Å². The van der Waals surface area contributed by atoms with Crippen LogP contribution in [0, 0.1) is 0 Å². The minimum Gasteiger partial charge on any atom is -0.433 e. The summed E-state index contributed by atoms with van der Waals surface area (Å²) in [5.74, 6) is 5.71. The first kappa shape index (κ1) is 35.1. The highest BCUT2D eigenvalue weighted by Gasteiger charge is 2.21. The Bertz CT molecular complexity index is 1060. The molecule has 2 aromatic rings. The minimum absolute atomic E-state index is 0.0260. The Balaban J connectivity index is 0.00000411. The molecule has 2 aromatic carbocycles. The Morgan fingerprint density at radius 2 is 1.37 bits per heavy atom. The Labute approximate surface area is 242 Å². The molecule has 0 saturated carbocycles. The number of nitrogens with zero attached hydrogens (tertiary/aromatic N) is 2. The van der Waals surface area contributed by atoms with Crippen LogP contribution >= 0.6 is 0 Å². The van der Waals surface area contributed by atoms with Crippen molar-refractivity contribution in [2.45, 2.75) is 59.2 Å². The van der Waals surface area contributed by atoms with Crippen molar-refractivity contribution < 1.29 is 38.2 Å². The average molecular weight is 580 g/mol. The summed E-state index contributed by atoms with van der Waals surface area (Å²) in [6, 6.07) is 13.7. The smallest absolute Gasteiger partial charge is 0.433 e. The van der Waals surface area contributed by atoms with Crippen LogP contribution < -0.4 is 27.5 Å². The van der Waals surface area contributed by atoms with Crippen molar-refractivity contribution in [1.82, 2.24) is 0 Å². The van der Waals surface area contributed by atoms with E-state index in [-0.39, 0.29) is 25.9 Å². The van der Waals surface area contributed by atoms with E-state index < -0.39 is 17.9 Å². The highest BCUT2D eigenvalue weighted by Crippen LogP contribution is 2.22. The molecule has 0 aromatic heterocycles. The maximum absolute atomic E-state index is 11.9. The number of carbonyl (C=O) groups excluding carboxylic acids is 2. The fraction of sp³-hybridized carbons (Fsp3) is 0.500. The monoisotopic (exact) mass is 579 g/mol. The summed E-state index contributed by atoms with van der Waals surface area (Å²) < 4.78 is 21.7. The minimum atomic E-state index is -0.958. The van der Waals surface area contributed by atoms with Crippen molar-refractivity contribution >= 4 is 35.1 Å². The highest BCUT2D eigenvalue weighted by atomic mass is 16.8. The van der Waals surface area contributed by atoms with Gasteiger partial charge in [0.15, 0.2) is 0 Å². The summed E-state index contributed by atoms with van der Waals surface area (Å²) in [5, 5.41) is 2.00. The molecule has 0 fully saturated rings. The lowest BCUT2D eigenvalue weighted by molar-refractivity contribution is -0.0581. The van der Waals surface area contributed by atoms with E-state index in [0.29, 0.717) is 42.2 Å². The third kappa shape index (κ3) is 13.8. The van der Waals surface area contributed by atoms with E-state index in [1.54, 1.807) is 55.6 Å². The number of nitrogens with two attached hydrogens (primary N) is 3. The van der Waals surface area contributed by atoms with Gasteiger partial charge in [-0.2, -0.15) is 0 Å². The molecular weight excluding hydrogens is 534 g/mol. The van der Waals surface area contributed by atoms with Crippen LogP contribution in [0.5, 0.6) is 0 Å². The molecule has 0 spiro atoms. The molecule has 0 amide bonds. The normalized spacial score (nSPS) is 11.4. The summed E-state index contributed by atoms with van der Waals surface area (Å²) >= 11 is 0. The van der Waals surface area contributed by atoms with Crippen LogP contribution in [0.1, 0.15) is 47.5 Å². The fourth-order valence-electron chi connectivity index (χ4n) is 3.22. The number of anilines is 4. The van der Waals surface area contributed by atoms with Crippen LogP contribution in [0.2, 0.25) is 0 Å². The zero-order valence-corrected chi connectivity index (χ0v) is 24.8. The standard InChI is InChI=1S/C26H39N5O8.C2H6/c1-19(34-17-18-36-24(32)38-30(4)22-11-7-5-9-20(22)27)13-15-37-26(2,3)14-16-35-25(33)39-31(29)23-12-8-6-10-21(23)28;1-2/h5-12,19H,13-18,27-29H2,1-4H3;1-2H3. The molecule has 0 aliphatic carbocycles. The van der Waals surface area contributed by atoms with E-state index >= 15 is 0 Å². The predicted molar refractivity (Wildman–Crippen MR) is 158 cm³/mol. The van der Waals surface area contributed by atoms with Crippen LogP contribution in [-0.2, 0) is 28.6 Å². The molecule has 230 valence electrons. The number of hydrogen-bond donors (Lipinski definition) is 3. The molecule has 0 heterocycles. The van der Waals surface area contributed by atoms with Gasteiger partial charge in [0.25, 0.3) is 0 Å². The molecule has 6 N–H and O–H groups in total. The average Bonchev–Trinajstić information content (AvgIpc) is 2.92. The van der Waals surface area contributed by atoms with Gasteiger partial charge in [0.1, 0.15) is 12.3 Å². The Kier molecular flexibility index (Phi) is 15.8. The molecule has 0 aliphatic rings. The van der Waals surface area contributed by atoms with Gasteiger partial charge in [-0.3, -0.25) is 4.84 Å². The van der Waals surface area contributed by atoms with Crippen LogP contribution in [0.3, 0.4) is 0 Å². The van der Waals surface area contributed by atoms with Gasteiger partial charge < -0.3 is 35.3 Å². The first-order chi connectivity index (χ1) is 19.5. The van der Waals surface area contributed by atoms with Gasteiger partial charge in [0.05, 0.1) is 42.0 Å². The van der Waals surface area contributed by atoms with Crippen molar-refractivity contribution in [3.05, 3.63) is 48.5 Å². The summed E-state index contributed by atoms with van der Waals surface area (Å²) in [6.45, 7) is 10.3. The van der Waals surface area contributed by atoms with Gasteiger partial charge in [-0.1, -0.05) is 38.1 Å². The quantitative estimate of drug-likeness (QED) is 0.0862. The second-order valence-corrected chi connectivity index (χ2v) is 9.15. The van der Waals surface area contributed by atoms with Crippen LogP contribution in [0.4, 0.5) is 32.3 Å². The summed E-state index contributed by atoms with van der Waals surface area (Å²) in [7, 11) is 1.56. The fourth-order valence-corrected chi connectivity index (χ4v) is 3.22. The van der Waals surface area contributed by atoms with E-state index in [4.69, 9.17) is 45.9 Å². The maximum Gasteiger partial charge on any atom is 0.534 e. The van der Waals surface area contributed by atoms with Crippen molar-refractivity contribution in [2.24, 2.45) is 5.84 Å². The van der Waals surface area contributed by atoms with Crippen molar-refractivity contribution in [3.63, 3.8) is 0 Å². The van der Waals surface area contributed by atoms with Gasteiger partial charge in [-0.15, -0.1) is 5.17 Å². The number of nitrogen functional groups attached to an aromatic ring is 2. The first-order valence-corrected chi connectivity index (χ1v) is 13.4. The third-order valence-electron chi connectivity index (χ3n) is 5.48. The molecule has 0 saturated heterocycles. The number of hydrazine groups is 1. The maximum atomic E-state index is 11.9. The zero-order valence-electron chi connectivity index (χ0n) is 24.8. The van der Waals surface area contributed by atoms with E-state index in [2.05, 4.69) is 0 Å². The lowest BCUT2D eigenvalue weighted by atomic mass is 10.1. The number of ether oxygens (including phenoxy) is 4. The van der Waals surface area contributed by atoms with Crippen LogP contribution in [-0.4, -0.2) is 57.5 Å². The van der Waals surface area contributed by atoms with Crippen molar-refractivity contribution in [2.75, 3.05) is 55.2 Å². The summed E-state index contributed by atoms with van der Waals surface area (Å²) in [4.78, 5) is 33.8. The Morgan fingerprint density at radius 3 is 1.98 bits per heavy atom. The van der Waals surface area contributed by atoms with E-state index in [0.717, 1.165) is 5.17 Å². The zero-order chi connectivity index (χ0) is 30.8. The Morgan fingerprint density at radius 1 is 0.829 bits per heavy atom. The van der Waals surface area contributed by atoms with Crippen molar-refractivity contribution in [3.8, 4) is 0 Å². The lowest BCUT2D eigenvalue weighted by Crippen LogP contribution is -2.35. The summed E-state index contributed by atoms with van der Waals surface area (Å²) in [6.07, 6.45) is -0.932. The first-order valence-electron chi connectivity index (χ1n) is 13.4. The van der Waals surface area contributed by atoms with Gasteiger partial charge >= 0.3 is 12.3 Å². The molecular formula is C28H45N5O8. The molecule has 1 unspecified atom stereocenters. The SMILES string of the molecule is CC.CC(CCOC(C)(C)CCOC(=O)ON(N)c1ccccc1N)OCCOC(=O)ON(C)c1ccccc1N. The molecule has 0 radical (unpaired) electrons. The van der Waals surface area contributed by atoms with Gasteiger partial charge in [0, 0.05) is 20.1 Å². The predicted octanol–water partition coefficient (Wildman–Crippen LogP) is 4.81. The van der Waals surface area contributed by atoms with E-state index in [1.807, 2.05) is 34.6 Å². The number of benzene rings is 2. The molecule has 41 heavy (non-hydrogen) atoms. The van der Waals surface area contributed by atoms with E-state index in [1.165, 1.54) is 5.06 Å². The number of carbonyl (C=O) groups is 2. The van der Waals surface area contributed by atoms with Crippen LogP contribution in [0.15, 0.2) is 48.5 Å². The highest BCUT2D eigenvalue weighted by molar-refractivity contribution is 5.69. The summed E-state index contributed by atoms with van der Waals surface area (Å²) in [5.41, 5.74) is 12.8. The van der Waals surface area contributed by atoms with Gasteiger partial charge in [0.2, 0.25) is 0 Å². The molecule has 13 heteroatoms. The number of hydrogen-bond acceptors (Lipinski definition) is 13. The number of hydroxylamine groups is 1. The molecule has 2 rings (SSSR count). The Hall–Kier alpha value is -3.94. The number of rotatable bonds is 15. The van der Waals surface area contributed by atoms with E-state index in [9.17, 15) is 9.59 Å². The molecule has 0 bridgehead atoms. The molecule has 1 atom stereocenters. The second-order valence-electron chi connectivity index (χ2n) is 9.15. The molecule has 0 aliphatic heterocycles. The van der Waals surface area contributed by atoms with Gasteiger partial charge in [-0.25, -0.2) is 20.5 Å². The lowest BCUT2D eigenvalue weighted by Gasteiger charge is -2.26. The third-order valence-corrected chi connectivity index (χ3v) is 5.48. The number of para-hydroxylation sites is 4. The topological polar surface area (TPSA) is 174 Å². The van der Waals surface area contributed by atoms with Gasteiger partial charge in [-0.05, 0) is 51.5 Å². The molecule has 13 nitrogen and oxygen atoms in total. The van der Waals surface area contributed by atoms with Crippen molar-refractivity contribution in [1.29, 1.82) is 0 Å².